The molecule has 2 rings (SSSR count). The third kappa shape index (κ3) is 4.28. The minimum atomic E-state index is -3.77. The Kier molecular flexibility index (Phi) is 5.29. The number of hydrogen-bond donors (Lipinski definition) is 1. The van der Waals surface area contributed by atoms with E-state index < -0.39 is 27.3 Å². The highest BCUT2D eigenvalue weighted by molar-refractivity contribution is 7.89. The number of nitrogens with zero attached hydrogens (tertiary/aromatic N) is 3. The van der Waals surface area contributed by atoms with Crippen LogP contribution in [-0.4, -0.2) is 43.2 Å². The molecule has 0 unspecified atom stereocenters. The second-order valence-corrected chi connectivity index (χ2v) is 10.4. The second-order valence-electron chi connectivity index (χ2n) is 6.93. The monoisotopic (exact) mass is 418 g/mol. The fourth-order valence-electron chi connectivity index (χ4n) is 2.32. The predicted octanol–water partition coefficient (Wildman–Crippen LogP) is 3.32. The van der Waals surface area contributed by atoms with E-state index in [0.717, 1.165) is 15.6 Å². The fraction of sp³-hybridized carbons (Fsp3) is 0.533. The number of aliphatic imine (C=N–C) groups is 1. The number of halogens is 1. The van der Waals surface area contributed by atoms with E-state index in [4.69, 9.17) is 22.9 Å². The summed E-state index contributed by atoms with van der Waals surface area (Å²) >= 11 is 7.27. The Bertz CT molecular complexity index is 911. The lowest BCUT2D eigenvalue weighted by molar-refractivity contribution is 0.0559. The summed E-state index contributed by atoms with van der Waals surface area (Å²) in [6.45, 7) is 13.8. The zero-order chi connectivity index (χ0) is 19.9. The van der Waals surface area contributed by atoms with E-state index in [2.05, 4.69) is 15.2 Å². The summed E-state index contributed by atoms with van der Waals surface area (Å²) in [5.41, 5.74) is -1.98. The molecule has 0 fully saturated rings. The zero-order valence-corrected chi connectivity index (χ0v) is 17.3. The lowest BCUT2D eigenvalue weighted by Gasteiger charge is -2.35. The van der Waals surface area contributed by atoms with E-state index in [1.165, 1.54) is 13.1 Å². The van der Waals surface area contributed by atoms with E-state index in [1.807, 2.05) is 0 Å². The Balaban J connectivity index is 2.47. The molecule has 1 aromatic rings. The van der Waals surface area contributed by atoms with E-state index in [9.17, 15) is 13.2 Å². The second kappa shape index (κ2) is 6.72. The van der Waals surface area contributed by atoms with Crippen molar-refractivity contribution in [3.8, 4) is 0 Å². The summed E-state index contributed by atoms with van der Waals surface area (Å²) < 4.78 is 31.2. The smallest absolute Gasteiger partial charge is 0.414 e. The van der Waals surface area contributed by atoms with Crippen molar-refractivity contribution in [2.75, 3.05) is 12.8 Å². The van der Waals surface area contributed by atoms with Gasteiger partial charge in [0.1, 0.15) is 11.1 Å². The van der Waals surface area contributed by atoms with Crippen molar-refractivity contribution < 1.29 is 17.9 Å². The average molecular weight is 419 g/mol. The first-order valence-electron chi connectivity index (χ1n) is 7.51. The van der Waals surface area contributed by atoms with Crippen LogP contribution in [0.3, 0.4) is 0 Å². The van der Waals surface area contributed by atoms with Crippen molar-refractivity contribution in [2.45, 2.75) is 38.8 Å². The van der Waals surface area contributed by atoms with Crippen molar-refractivity contribution in [3.63, 3.8) is 0 Å². The molecule has 142 valence electrons. The highest BCUT2D eigenvalue weighted by Crippen LogP contribution is 2.44. The average Bonchev–Trinajstić information content (AvgIpc) is 2.84. The van der Waals surface area contributed by atoms with Gasteiger partial charge in [0, 0.05) is 16.9 Å². The van der Waals surface area contributed by atoms with Crippen molar-refractivity contribution in [1.82, 2.24) is 9.62 Å². The van der Waals surface area contributed by atoms with Crippen LogP contribution >= 0.6 is 22.9 Å². The van der Waals surface area contributed by atoms with Crippen molar-refractivity contribution in [1.29, 1.82) is 0 Å². The molecule has 0 aliphatic carbocycles. The predicted molar refractivity (Wildman–Crippen MR) is 101 cm³/mol. The van der Waals surface area contributed by atoms with Gasteiger partial charge in [-0.3, -0.25) is 5.32 Å². The number of ether oxygens (including phenoxy) is 1. The standard InChI is InChI=1S/C15H19ClN4O4S2/c1-14(2,3)24-13(21)18-12-19-15(4,8-26(22,23)20(12)6)11-9(16)7-10(17-5)25-11/h7H,8H2,1-4,6H3,(H,18,19,21)/t15-/m0/s1. The molecular weight excluding hydrogens is 400 g/mol. The number of carbonyl (C=O) groups excluding carboxylic acids is 1. The number of thiophene rings is 1. The Morgan fingerprint density at radius 2 is 2.15 bits per heavy atom. The van der Waals surface area contributed by atoms with Gasteiger partial charge in [-0.1, -0.05) is 11.6 Å². The highest BCUT2D eigenvalue weighted by Gasteiger charge is 2.43. The third-order valence-corrected chi connectivity index (χ3v) is 7.04. The van der Waals surface area contributed by atoms with Gasteiger partial charge in [0.25, 0.3) is 0 Å². The van der Waals surface area contributed by atoms with Crippen LogP contribution in [0.15, 0.2) is 11.1 Å². The Labute approximate surface area is 161 Å². The van der Waals surface area contributed by atoms with Crippen molar-refractivity contribution in [3.05, 3.63) is 27.4 Å². The Morgan fingerprint density at radius 1 is 1.54 bits per heavy atom. The number of nitrogens with one attached hydrogen (secondary N) is 1. The van der Waals surface area contributed by atoms with Crippen LogP contribution in [0.4, 0.5) is 9.80 Å². The molecule has 0 saturated heterocycles. The minimum Gasteiger partial charge on any atom is -0.444 e. The van der Waals surface area contributed by atoms with Gasteiger partial charge < -0.3 is 4.74 Å². The Morgan fingerprint density at radius 3 is 2.65 bits per heavy atom. The number of rotatable bonds is 1. The maximum Gasteiger partial charge on any atom is 0.414 e. The van der Waals surface area contributed by atoms with E-state index >= 15 is 0 Å². The topological polar surface area (TPSA) is 92.4 Å². The van der Waals surface area contributed by atoms with Gasteiger partial charge in [-0.25, -0.2) is 27.4 Å². The zero-order valence-electron chi connectivity index (χ0n) is 15.0. The SMILES string of the molecule is [C-]#[N+]c1cc(Cl)c([C@]2(C)CS(=O)(=O)N(C)C(NC(=O)OC(C)(C)C)=N2)s1. The number of amides is 1. The van der Waals surface area contributed by atoms with Crippen molar-refractivity contribution in [2.24, 2.45) is 4.99 Å². The number of carbonyl (C=O) groups is 1. The number of alkyl carbamates (subject to hydrolysis) is 1. The fourth-order valence-corrected chi connectivity index (χ4v) is 5.28. The quantitative estimate of drug-likeness (QED) is 0.708. The summed E-state index contributed by atoms with van der Waals surface area (Å²) in [6, 6.07) is 1.47. The van der Waals surface area contributed by atoms with Crippen LogP contribution < -0.4 is 5.32 Å². The molecule has 1 atom stereocenters. The molecule has 8 nitrogen and oxygen atoms in total. The maximum atomic E-state index is 12.6. The van der Waals surface area contributed by atoms with Crippen LogP contribution in [0.1, 0.15) is 32.6 Å². The van der Waals surface area contributed by atoms with Gasteiger partial charge in [-0.15, -0.1) is 0 Å². The van der Waals surface area contributed by atoms with Crippen molar-refractivity contribution >= 4 is 50.0 Å². The molecule has 1 aliphatic heterocycles. The highest BCUT2D eigenvalue weighted by atomic mass is 35.5. The lowest BCUT2D eigenvalue weighted by atomic mass is 10.0. The van der Waals surface area contributed by atoms with Crippen LogP contribution in [0.5, 0.6) is 0 Å². The van der Waals surface area contributed by atoms with Crippen LogP contribution in [0.2, 0.25) is 5.02 Å². The van der Waals surface area contributed by atoms with E-state index in [0.29, 0.717) is 9.88 Å². The Hall–Kier alpha value is -1.83. The molecule has 1 amide bonds. The van der Waals surface area contributed by atoms with Crippen LogP contribution in [0.25, 0.3) is 4.85 Å². The van der Waals surface area contributed by atoms with Gasteiger partial charge in [0.05, 0.1) is 12.3 Å². The largest absolute Gasteiger partial charge is 0.444 e. The van der Waals surface area contributed by atoms with E-state index in [1.54, 1.807) is 27.7 Å². The normalized spacial score (nSPS) is 22.3. The first-order chi connectivity index (χ1) is 11.8. The molecule has 1 N–H and O–H groups in total. The van der Waals surface area contributed by atoms with Crippen LogP contribution in [-0.2, 0) is 20.3 Å². The molecule has 0 bridgehead atoms. The summed E-state index contributed by atoms with van der Waals surface area (Å²) in [4.78, 5) is 20.2. The third-order valence-electron chi connectivity index (χ3n) is 3.42. The number of sulfonamides is 1. The lowest BCUT2D eigenvalue weighted by Crippen LogP contribution is -2.53. The molecule has 11 heteroatoms. The molecular formula is C15H19ClN4O4S2. The van der Waals surface area contributed by atoms with Gasteiger partial charge >= 0.3 is 6.09 Å². The molecule has 2 heterocycles. The summed E-state index contributed by atoms with van der Waals surface area (Å²) in [5, 5.41) is 2.98. The number of guanidine groups is 1. The van der Waals surface area contributed by atoms with Gasteiger partial charge in [-0.2, -0.15) is 11.3 Å². The van der Waals surface area contributed by atoms with Gasteiger partial charge in [-0.05, 0) is 33.8 Å². The minimum absolute atomic E-state index is 0.165. The molecule has 0 aromatic carbocycles. The summed E-state index contributed by atoms with van der Waals surface area (Å²) in [7, 11) is -2.47. The maximum absolute atomic E-state index is 12.6. The first-order valence-corrected chi connectivity index (χ1v) is 10.3. The molecule has 0 saturated carbocycles. The van der Waals surface area contributed by atoms with Gasteiger partial charge in [0.15, 0.2) is 0 Å². The molecule has 1 aromatic heterocycles. The van der Waals surface area contributed by atoms with Gasteiger partial charge in [0.2, 0.25) is 21.0 Å². The molecule has 0 radical (unpaired) electrons. The summed E-state index contributed by atoms with van der Waals surface area (Å²) in [6.07, 6.45) is -0.818. The molecule has 26 heavy (non-hydrogen) atoms. The molecule has 0 spiro atoms. The van der Waals surface area contributed by atoms with Crippen LogP contribution in [0, 0.1) is 6.57 Å². The number of hydrogen-bond acceptors (Lipinski definition) is 6. The van der Waals surface area contributed by atoms with E-state index in [-0.39, 0.29) is 16.7 Å². The summed E-state index contributed by atoms with van der Waals surface area (Å²) in [5.74, 6) is -0.505. The first kappa shape index (κ1) is 20.5. The molecule has 1 aliphatic rings.